The van der Waals surface area contributed by atoms with Crippen molar-refractivity contribution in [2.45, 2.75) is 0 Å². The van der Waals surface area contributed by atoms with Crippen molar-refractivity contribution in [2.75, 3.05) is 6.54 Å². The van der Waals surface area contributed by atoms with Gasteiger partial charge >= 0.3 is 0 Å². The van der Waals surface area contributed by atoms with Gasteiger partial charge in [-0.05, 0) is 23.8 Å². The van der Waals surface area contributed by atoms with Gasteiger partial charge in [0.1, 0.15) is 15.8 Å². The molecule has 0 aliphatic carbocycles. The number of thiocarbonyl (C=S) groups is 1. The van der Waals surface area contributed by atoms with E-state index in [9.17, 15) is 24.6 Å². The quantitative estimate of drug-likeness (QED) is 0.530. The van der Waals surface area contributed by atoms with Crippen LogP contribution in [0.1, 0.15) is 16.1 Å². The fourth-order valence-electron chi connectivity index (χ4n) is 2.28. The van der Waals surface area contributed by atoms with Gasteiger partial charge in [-0.3, -0.25) is 9.69 Å². The second-order valence-corrected chi connectivity index (χ2v) is 6.89. The first kappa shape index (κ1) is 17.9. The number of amides is 1. The van der Waals surface area contributed by atoms with Gasteiger partial charge in [0.2, 0.25) is 0 Å². The lowest BCUT2D eigenvalue weighted by atomic mass is 10.1. The van der Waals surface area contributed by atoms with Gasteiger partial charge in [-0.25, -0.2) is 0 Å². The highest BCUT2D eigenvalue weighted by Gasteiger charge is 2.32. The number of hydrogen-bond acceptors (Lipinski definition) is 8. The zero-order chi connectivity index (χ0) is 18.8. The van der Waals surface area contributed by atoms with Gasteiger partial charge in [0.15, 0.2) is 0 Å². The number of aliphatic carboxylic acids is 1. The highest BCUT2D eigenvalue weighted by Crippen LogP contribution is 2.33. The third kappa shape index (κ3) is 3.68. The molecule has 0 bridgehead atoms. The van der Waals surface area contributed by atoms with E-state index in [1.54, 1.807) is 24.3 Å². The van der Waals surface area contributed by atoms with Crippen LogP contribution in [-0.2, 0) is 9.59 Å². The van der Waals surface area contributed by atoms with Crippen molar-refractivity contribution in [3.63, 3.8) is 0 Å². The molecule has 0 radical (unpaired) electrons. The number of carboxylic acid groups (broad SMARTS) is 2. The molecule has 7 nitrogen and oxygen atoms in total. The summed E-state index contributed by atoms with van der Waals surface area (Å²) in [7, 11) is 0. The fraction of sp³-hybridized carbons (Fsp3) is 0.0588. The predicted octanol–water partition coefficient (Wildman–Crippen LogP) is 0.261. The first-order valence-corrected chi connectivity index (χ1v) is 8.44. The van der Waals surface area contributed by atoms with Crippen LogP contribution in [0.15, 0.2) is 45.7 Å². The molecule has 1 saturated heterocycles. The van der Waals surface area contributed by atoms with E-state index in [0.717, 1.165) is 16.7 Å². The number of thioether (sulfide) groups is 1. The van der Waals surface area contributed by atoms with Crippen LogP contribution in [-0.4, -0.2) is 33.6 Å². The van der Waals surface area contributed by atoms with Gasteiger partial charge in [0.05, 0.1) is 23.4 Å². The highest BCUT2D eigenvalue weighted by atomic mass is 32.2. The van der Waals surface area contributed by atoms with Crippen LogP contribution in [0.2, 0.25) is 0 Å². The summed E-state index contributed by atoms with van der Waals surface area (Å²) < 4.78 is 5.74. The number of furan rings is 1. The Morgan fingerprint density at radius 1 is 1.23 bits per heavy atom. The first-order chi connectivity index (χ1) is 12.3. The summed E-state index contributed by atoms with van der Waals surface area (Å²) in [6, 6.07) is 9.29. The summed E-state index contributed by atoms with van der Waals surface area (Å²) in [6.07, 6.45) is 1.45. The summed E-state index contributed by atoms with van der Waals surface area (Å²) in [4.78, 5) is 35.0. The molecule has 1 aliphatic rings. The Balaban J connectivity index is 1.85. The fourth-order valence-corrected chi connectivity index (χ4v) is 3.51. The molecule has 1 aliphatic heterocycles. The van der Waals surface area contributed by atoms with Crippen molar-refractivity contribution in [2.24, 2.45) is 0 Å². The summed E-state index contributed by atoms with van der Waals surface area (Å²) >= 11 is 5.96. The van der Waals surface area contributed by atoms with Crippen molar-refractivity contribution >= 4 is 52.2 Å². The first-order valence-electron chi connectivity index (χ1n) is 7.22. The van der Waals surface area contributed by atoms with Crippen LogP contribution in [0.5, 0.6) is 0 Å². The highest BCUT2D eigenvalue weighted by molar-refractivity contribution is 8.26. The maximum absolute atomic E-state index is 12.2. The molecule has 0 N–H and O–H groups in total. The third-order valence-corrected chi connectivity index (χ3v) is 4.82. The molecular formula is C17H9NO6S2-2. The van der Waals surface area contributed by atoms with Crippen molar-refractivity contribution in [3.05, 3.63) is 52.6 Å². The number of carboxylic acids is 2. The Hall–Kier alpha value is -2.91. The summed E-state index contributed by atoms with van der Waals surface area (Å²) in [5.41, 5.74) is 0.555. The van der Waals surface area contributed by atoms with Crippen molar-refractivity contribution in [1.82, 2.24) is 4.90 Å². The number of aromatic carboxylic acids is 1. The number of carbonyl (C=O) groups is 3. The third-order valence-electron chi connectivity index (χ3n) is 3.44. The van der Waals surface area contributed by atoms with Crippen LogP contribution in [0, 0.1) is 0 Å². The van der Waals surface area contributed by atoms with E-state index in [2.05, 4.69) is 0 Å². The Morgan fingerprint density at radius 3 is 2.69 bits per heavy atom. The minimum Gasteiger partial charge on any atom is -0.548 e. The molecule has 2 aromatic rings. The van der Waals surface area contributed by atoms with Gasteiger partial charge in [0, 0.05) is 11.6 Å². The molecule has 0 atom stereocenters. The van der Waals surface area contributed by atoms with Gasteiger partial charge in [-0.2, -0.15) is 0 Å². The van der Waals surface area contributed by atoms with Crippen molar-refractivity contribution in [3.8, 4) is 11.3 Å². The Labute approximate surface area is 156 Å². The number of carbonyl (C=O) groups excluding carboxylic acids is 3. The number of benzene rings is 1. The normalized spacial score (nSPS) is 15.7. The second-order valence-electron chi connectivity index (χ2n) is 5.21. The largest absolute Gasteiger partial charge is 0.548 e. The average molecular weight is 387 g/mol. The van der Waals surface area contributed by atoms with Gasteiger partial charge in [-0.15, -0.1) is 0 Å². The SMILES string of the molecule is O=C([O-])CN1C(=O)/C(=C\c2ccc(-c3cccc(C(=O)[O-])c3)o2)SC1=S. The van der Waals surface area contributed by atoms with Crippen molar-refractivity contribution in [1.29, 1.82) is 0 Å². The predicted molar refractivity (Wildman–Crippen MR) is 93.4 cm³/mol. The number of rotatable bonds is 5. The Bertz CT molecular complexity index is 962. The van der Waals surface area contributed by atoms with Gasteiger partial charge in [-0.1, -0.05) is 42.2 Å². The average Bonchev–Trinajstić information content (AvgIpc) is 3.15. The lowest BCUT2D eigenvalue weighted by molar-refractivity contribution is -0.305. The maximum atomic E-state index is 12.2. The van der Waals surface area contributed by atoms with E-state index >= 15 is 0 Å². The monoisotopic (exact) mass is 387 g/mol. The molecule has 3 rings (SSSR count). The summed E-state index contributed by atoms with van der Waals surface area (Å²) in [5.74, 6) is -2.50. The second kappa shape index (κ2) is 7.14. The number of nitrogens with zero attached hydrogens (tertiary/aromatic N) is 1. The van der Waals surface area contributed by atoms with E-state index in [4.69, 9.17) is 16.6 Å². The van der Waals surface area contributed by atoms with Crippen molar-refractivity contribution < 1.29 is 29.0 Å². The molecule has 9 heteroatoms. The number of hydrogen-bond donors (Lipinski definition) is 0. The van der Waals surface area contributed by atoms with Crippen LogP contribution >= 0.6 is 24.0 Å². The van der Waals surface area contributed by atoms with E-state index in [0.29, 0.717) is 17.1 Å². The van der Waals surface area contributed by atoms with Crippen LogP contribution < -0.4 is 10.2 Å². The standard InChI is InChI=1S/C17H11NO6S2/c19-14(20)8-18-15(21)13(26-17(18)25)7-11-4-5-12(24-11)9-2-1-3-10(6-9)16(22)23/h1-7H,8H2,(H,19,20)(H,22,23)/p-2/b13-7+. The minimum absolute atomic E-state index is 0.0172. The lowest BCUT2D eigenvalue weighted by Gasteiger charge is -2.14. The molecular weight excluding hydrogens is 378 g/mol. The van der Waals surface area contributed by atoms with E-state index < -0.39 is 24.4 Å². The Morgan fingerprint density at radius 2 is 2.00 bits per heavy atom. The zero-order valence-electron chi connectivity index (χ0n) is 13.0. The molecule has 132 valence electrons. The van der Waals surface area contributed by atoms with Gasteiger partial charge < -0.3 is 24.2 Å². The van der Waals surface area contributed by atoms with E-state index in [1.807, 2.05) is 0 Å². The topological polar surface area (TPSA) is 114 Å². The molecule has 2 heterocycles. The maximum Gasteiger partial charge on any atom is 0.266 e. The van der Waals surface area contributed by atoms with Crippen LogP contribution in [0.25, 0.3) is 17.4 Å². The molecule has 0 saturated carbocycles. The van der Waals surface area contributed by atoms with Crippen LogP contribution in [0.3, 0.4) is 0 Å². The molecule has 1 aromatic carbocycles. The smallest absolute Gasteiger partial charge is 0.266 e. The molecule has 1 amide bonds. The van der Waals surface area contributed by atoms with E-state index in [1.165, 1.54) is 18.2 Å². The molecule has 0 spiro atoms. The summed E-state index contributed by atoms with van der Waals surface area (Å²) in [5, 5.41) is 21.6. The van der Waals surface area contributed by atoms with Crippen LogP contribution in [0.4, 0.5) is 0 Å². The zero-order valence-corrected chi connectivity index (χ0v) is 14.6. The molecule has 1 aromatic heterocycles. The summed E-state index contributed by atoms with van der Waals surface area (Å²) in [6.45, 7) is -0.610. The molecule has 26 heavy (non-hydrogen) atoms. The molecule has 0 unspecified atom stereocenters. The molecule has 1 fully saturated rings. The minimum atomic E-state index is -1.41. The van der Waals surface area contributed by atoms with E-state index in [-0.39, 0.29) is 14.8 Å². The van der Waals surface area contributed by atoms with Gasteiger partial charge in [0.25, 0.3) is 5.91 Å². The lowest BCUT2D eigenvalue weighted by Crippen LogP contribution is -2.40. The Kier molecular flexibility index (Phi) is 4.92.